The van der Waals surface area contributed by atoms with Crippen molar-refractivity contribution < 1.29 is 13.2 Å². The van der Waals surface area contributed by atoms with E-state index >= 15 is 0 Å². The molecule has 0 aliphatic heterocycles. The average molecular weight is 489 g/mol. The highest BCUT2D eigenvalue weighted by atomic mass is 79.9. The Kier molecular flexibility index (Phi) is 6.74. The second-order valence-corrected chi connectivity index (χ2v) is 8.83. The largest absolute Gasteiger partial charge is 0.271 e. The molecule has 0 aliphatic carbocycles. The van der Waals surface area contributed by atoms with Gasteiger partial charge in [0.1, 0.15) is 6.54 Å². The number of rotatable bonds is 6. The van der Waals surface area contributed by atoms with Crippen molar-refractivity contribution >= 4 is 59.7 Å². The number of amides is 1. The number of halogens is 2. The van der Waals surface area contributed by atoms with Crippen LogP contribution in [0.4, 0.5) is 5.69 Å². The Bertz CT molecular complexity index is 867. The van der Waals surface area contributed by atoms with E-state index < -0.39 is 15.9 Å². The van der Waals surface area contributed by atoms with E-state index in [9.17, 15) is 13.2 Å². The summed E-state index contributed by atoms with van der Waals surface area (Å²) in [5.41, 5.74) is 3.54. The first-order chi connectivity index (χ1) is 11.8. The summed E-state index contributed by atoms with van der Waals surface area (Å²) in [5, 5.41) is 3.85. The first-order valence-electron chi connectivity index (χ1n) is 7.06. The summed E-state index contributed by atoms with van der Waals surface area (Å²) in [6.45, 7) is -0.363. The summed E-state index contributed by atoms with van der Waals surface area (Å²) in [4.78, 5) is 12.0. The zero-order valence-electron chi connectivity index (χ0n) is 13.2. The highest BCUT2D eigenvalue weighted by molar-refractivity contribution is 9.10. The predicted octanol–water partition coefficient (Wildman–Crippen LogP) is 3.13. The summed E-state index contributed by atoms with van der Waals surface area (Å²) >= 11 is 6.62. The molecule has 6 nitrogen and oxygen atoms in total. The van der Waals surface area contributed by atoms with Gasteiger partial charge in [0.15, 0.2) is 0 Å². The minimum Gasteiger partial charge on any atom is -0.271 e. The standard InChI is InChI=1S/C16H15Br2N3O3S/c1-25(23,24)21(15-8-6-14(18)7-9-15)11-16(22)20-19-10-12-2-4-13(17)5-3-12/h2-10H,11H2,1H3,(H,20,22)/b19-10-. The second kappa shape index (κ2) is 8.59. The maximum atomic E-state index is 12.0. The fourth-order valence-corrected chi connectivity index (χ4v) is 3.29. The van der Waals surface area contributed by atoms with E-state index in [2.05, 4.69) is 42.4 Å². The topological polar surface area (TPSA) is 78.8 Å². The summed E-state index contributed by atoms with van der Waals surface area (Å²) in [6.07, 6.45) is 2.53. The Balaban J connectivity index is 2.04. The van der Waals surface area contributed by atoms with Crippen LogP contribution < -0.4 is 9.73 Å². The SMILES string of the molecule is CS(=O)(=O)N(CC(=O)N/N=C\c1ccc(Br)cc1)c1ccc(Br)cc1. The maximum Gasteiger partial charge on any atom is 0.260 e. The van der Waals surface area contributed by atoms with Crippen molar-refractivity contribution in [1.82, 2.24) is 5.43 Å². The summed E-state index contributed by atoms with van der Waals surface area (Å²) in [7, 11) is -3.61. The lowest BCUT2D eigenvalue weighted by Gasteiger charge is -2.21. The molecule has 0 atom stereocenters. The van der Waals surface area contributed by atoms with Crippen molar-refractivity contribution in [3.05, 3.63) is 63.0 Å². The molecule has 0 fully saturated rings. The monoisotopic (exact) mass is 487 g/mol. The van der Waals surface area contributed by atoms with E-state index in [0.717, 1.165) is 25.1 Å². The highest BCUT2D eigenvalue weighted by Gasteiger charge is 2.20. The van der Waals surface area contributed by atoms with Crippen LogP contribution in [0.1, 0.15) is 5.56 Å². The molecule has 0 aromatic heterocycles. The third kappa shape index (κ3) is 6.26. The van der Waals surface area contributed by atoms with Crippen LogP contribution in [0, 0.1) is 0 Å². The van der Waals surface area contributed by atoms with Gasteiger partial charge in [-0.3, -0.25) is 9.10 Å². The maximum absolute atomic E-state index is 12.0. The van der Waals surface area contributed by atoms with Gasteiger partial charge in [0.05, 0.1) is 18.2 Å². The Morgan fingerprint density at radius 1 is 1.08 bits per heavy atom. The molecule has 2 aromatic carbocycles. The molecule has 1 N–H and O–H groups in total. The van der Waals surface area contributed by atoms with E-state index in [1.807, 2.05) is 24.3 Å². The van der Waals surface area contributed by atoms with E-state index in [-0.39, 0.29) is 6.54 Å². The molecule has 9 heteroatoms. The van der Waals surface area contributed by atoms with E-state index in [0.29, 0.717) is 5.69 Å². The quantitative estimate of drug-likeness (QED) is 0.501. The molecular weight excluding hydrogens is 474 g/mol. The fraction of sp³-hybridized carbons (Fsp3) is 0.125. The van der Waals surface area contributed by atoms with Gasteiger partial charge in [-0.25, -0.2) is 13.8 Å². The van der Waals surface area contributed by atoms with Gasteiger partial charge < -0.3 is 0 Å². The van der Waals surface area contributed by atoms with E-state index in [1.54, 1.807) is 24.3 Å². The molecule has 0 aliphatic rings. The van der Waals surface area contributed by atoms with Crippen LogP contribution in [0.2, 0.25) is 0 Å². The molecule has 0 saturated heterocycles. The molecule has 0 radical (unpaired) electrons. The molecule has 0 unspecified atom stereocenters. The number of hydrazone groups is 1. The van der Waals surface area contributed by atoms with Crippen LogP contribution in [0.3, 0.4) is 0 Å². The lowest BCUT2D eigenvalue weighted by Crippen LogP contribution is -2.38. The number of nitrogens with zero attached hydrogens (tertiary/aromatic N) is 2. The number of benzene rings is 2. The van der Waals surface area contributed by atoms with Crippen LogP contribution in [-0.4, -0.2) is 33.3 Å². The minimum absolute atomic E-state index is 0.363. The van der Waals surface area contributed by atoms with Crippen LogP contribution in [0.5, 0.6) is 0 Å². The van der Waals surface area contributed by atoms with Crippen molar-refractivity contribution in [2.24, 2.45) is 5.10 Å². The Morgan fingerprint density at radius 2 is 1.60 bits per heavy atom. The predicted molar refractivity (Wildman–Crippen MR) is 106 cm³/mol. The lowest BCUT2D eigenvalue weighted by molar-refractivity contribution is -0.119. The number of hydrogen-bond acceptors (Lipinski definition) is 4. The molecule has 1 amide bonds. The van der Waals surface area contributed by atoms with E-state index in [1.165, 1.54) is 6.21 Å². The number of anilines is 1. The first kappa shape index (κ1) is 19.6. The molecule has 0 bridgehead atoms. The van der Waals surface area contributed by atoms with Crippen LogP contribution in [0.25, 0.3) is 0 Å². The van der Waals surface area contributed by atoms with Gasteiger partial charge in [0.25, 0.3) is 5.91 Å². The van der Waals surface area contributed by atoms with Crippen molar-refractivity contribution in [3.63, 3.8) is 0 Å². The molecular formula is C16H15Br2N3O3S. The molecule has 2 aromatic rings. The smallest absolute Gasteiger partial charge is 0.260 e. The summed E-state index contributed by atoms with van der Waals surface area (Å²) < 4.78 is 26.7. The number of carbonyl (C=O) groups is 1. The molecule has 0 saturated carbocycles. The first-order valence-corrected chi connectivity index (χ1v) is 10.5. The summed E-state index contributed by atoms with van der Waals surface area (Å²) in [6, 6.07) is 14.0. The van der Waals surface area contributed by atoms with Crippen molar-refractivity contribution in [3.8, 4) is 0 Å². The van der Waals surface area contributed by atoms with Gasteiger partial charge in [-0.05, 0) is 42.0 Å². The number of nitrogens with one attached hydrogen (secondary N) is 1. The van der Waals surface area contributed by atoms with Crippen LogP contribution in [0.15, 0.2) is 62.6 Å². The second-order valence-electron chi connectivity index (χ2n) is 5.09. The van der Waals surface area contributed by atoms with Crippen LogP contribution >= 0.6 is 31.9 Å². The van der Waals surface area contributed by atoms with Gasteiger partial charge >= 0.3 is 0 Å². The zero-order valence-corrected chi connectivity index (χ0v) is 17.2. The van der Waals surface area contributed by atoms with Gasteiger partial charge in [-0.15, -0.1) is 0 Å². The van der Waals surface area contributed by atoms with Gasteiger partial charge in [0, 0.05) is 8.95 Å². The van der Waals surface area contributed by atoms with E-state index in [4.69, 9.17) is 0 Å². The number of sulfonamides is 1. The Morgan fingerprint density at radius 3 is 2.12 bits per heavy atom. The lowest BCUT2D eigenvalue weighted by atomic mass is 10.2. The number of carbonyl (C=O) groups excluding carboxylic acids is 1. The van der Waals surface area contributed by atoms with Gasteiger partial charge in [0.2, 0.25) is 10.0 Å². The molecule has 25 heavy (non-hydrogen) atoms. The Hall–Kier alpha value is -1.71. The third-order valence-electron chi connectivity index (χ3n) is 3.08. The molecule has 132 valence electrons. The fourth-order valence-electron chi connectivity index (χ4n) is 1.90. The van der Waals surface area contributed by atoms with Crippen molar-refractivity contribution in [2.75, 3.05) is 17.1 Å². The van der Waals surface area contributed by atoms with Crippen LogP contribution in [-0.2, 0) is 14.8 Å². The zero-order chi connectivity index (χ0) is 18.4. The summed E-state index contributed by atoms with van der Waals surface area (Å²) in [5.74, 6) is -0.540. The number of hydrogen-bond donors (Lipinski definition) is 1. The van der Waals surface area contributed by atoms with Crippen molar-refractivity contribution in [1.29, 1.82) is 0 Å². The third-order valence-corrected chi connectivity index (χ3v) is 5.27. The highest BCUT2D eigenvalue weighted by Crippen LogP contribution is 2.20. The molecule has 0 heterocycles. The van der Waals surface area contributed by atoms with Gasteiger partial charge in [-0.2, -0.15) is 5.10 Å². The average Bonchev–Trinajstić information content (AvgIpc) is 2.54. The van der Waals surface area contributed by atoms with Gasteiger partial charge in [-0.1, -0.05) is 44.0 Å². The molecule has 2 rings (SSSR count). The van der Waals surface area contributed by atoms with Crippen molar-refractivity contribution in [2.45, 2.75) is 0 Å². The molecule has 0 spiro atoms. The Labute approximate surface area is 163 Å². The minimum atomic E-state index is -3.61. The normalized spacial score (nSPS) is 11.5.